The summed E-state index contributed by atoms with van der Waals surface area (Å²) in [7, 11) is 0. The Labute approximate surface area is 155 Å². The van der Waals surface area contributed by atoms with Crippen LogP contribution >= 0.6 is 0 Å². The number of nitrogens with one attached hydrogen (secondary N) is 2. The Kier molecular flexibility index (Phi) is 5.28. The zero-order chi connectivity index (χ0) is 19.6. The fraction of sp³-hybridized carbons (Fsp3) is 0.444. The lowest BCUT2D eigenvalue weighted by Gasteiger charge is -2.35. The minimum atomic E-state index is -1.36. The van der Waals surface area contributed by atoms with Crippen molar-refractivity contribution in [2.45, 2.75) is 31.8 Å². The van der Waals surface area contributed by atoms with E-state index in [0.29, 0.717) is 43.0 Å². The van der Waals surface area contributed by atoms with Crippen molar-refractivity contribution in [1.29, 1.82) is 5.26 Å². The predicted molar refractivity (Wildman–Crippen MR) is 95.2 cm³/mol. The molecule has 2 aliphatic rings. The third-order valence-electron chi connectivity index (χ3n) is 4.90. The zero-order valence-electron chi connectivity index (χ0n) is 14.8. The van der Waals surface area contributed by atoms with Gasteiger partial charge < -0.3 is 25.4 Å². The Bertz CT molecular complexity index is 812. The SMILES string of the molecule is C[C@H]1[C@H](NC(=O)O)C(=O)Nc2ccc(C#N)cc2N1C(=O)C1CCOCC1. The maximum absolute atomic E-state index is 13.3. The molecule has 9 nitrogen and oxygen atoms in total. The van der Waals surface area contributed by atoms with Crippen LogP contribution in [-0.2, 0) is 14.3 Å². The molecule has 2 heterocycles. The van der Waals surface area contributed by atoms with Crippen LogP contribution < -0.4 is 15.5 Å². The smallest absolute Gasteiger partial charge is 0.405 e. The van der Waals surface area contributed by atoms with Gasteiger partial charge >= 0.3 is 6.09 Å². The second-order valence-electron chi connectivity index (χ2n) is 6.60. The summed E-state index contributed by atoms with van der Waals surface area (Å²) in [5.74, 6) is -1.06. The summed E-state index contributed by atoms with van der Waals surface area (Å²) in [6.45, 7) is 2.56. The number of fused-ring (bicyclic) bond motifs is 1. The molecule has 2 atom stereocenters. The van der Waals surface area contributed by atoms with Crippen LogP contribution in [-0.4, -0.2) is 48.3 Å². The molecule has 0 spiro atoms. The molecule has 9 heteroatoms. The number of carbonyl (C=O) groups excluding carboxylic acids is 2. The van der Waals surface area contributed by atoms with E-state index in [1.165, 1.54) is 17.0 Å². The molecule has 0 radical (unpaired) electrons. The highest BCUT2D eigenvalue weighted by molar-refractivity contribution is 6.07. The molecule has 2 aliphatic heterocycles. The number of rotatable bonds is 2. The van der Waals surface area contributed by atoms with E-state index in [9.17, 15) is 19.6 Å². The number of hydrogen-bond acceptors (Lipinski definition) is 5. The highest BCUT2D eigenvalue weighted by Gasteiger charge is 2.40. The molecular weight excluding hydrogens is 352 g/mol. The fourth-order valence-corrected chi connectivity index (χ4v) is 3.48. The van der Waals surface area contributed by atoms with E-state index in [4.69, 9.17) is 9.84 Å². The average Bonchev–Trinajstić information content (AvgIpc) is 2.76. The predicted octanol–water partition coefficient (Wildman–Crippen LogP) is 1.29. The third kappa shape index (κ3) is 3.71. The van der Waals surface area contributed by atoms with Gasteiger partial charge in [-0.25, -0.2) is 4.79 Å². The first-order chi connectivity index (χ1) is 12.9. The Morgan fingerprint density at radius 2 is 2.07 bits per heavy atom. The lowest BCUT2D eigenvalue weighted by molar-refractivity contribution is -0.126. The van der Waals surface area contributed by atoms with Crippen molar-refractivity contribution >= 4 is 29.3 Å². The number of carbonyl (C=O) groups is 3. The summed E-state index contributed by atoms with van der Waals surface area (Å²) in [5, 5.41) is 23.2. The number of nitrogens with zero attached hydrogens (tertiary/aromatic N) is 2. The van der Waals surface area contributed by atoms with Gasteiger partial charge in [0.15, 0.2) is 0 Å². The Hall–Kier alpha value is -3.12. The van der Waals surface area contributed by atoms with Crippen molar-refractivity contribution in [2.75, 3.05) is 23.4 Å². The molecule has 3 N–H and O–H groups in total. The van der Waals surface area contributed by atoms with Gasteiger partial charge in [-0.1, -0.05) is 0 Å². The molecule has 1 aromatic rings. The lowest BCUT2D eigenvalue weighted by atomic mass is 9.96. The second kappa shape index (κ2) is 7.63. The standard InChI is InChI=1S/C18H20N4O5/c1-10-15(21-18(25)26)16(23)20-13-3-2-11(9-19)8-14(13)22(10)17(24)12-4-6-27-7-5-12/h2-3,8,10,12,15,21H,4-7H2,1H3,(H,20,23)(H,25,26)/t10-,15-/m0/s1. The number of hydrogen-bond donors (Lipinski definition) is 3. The maximum Gasteiger partial charge on any atom is 0.405 e. The quantitative estimate of drug-likeness (QED) is 0.717. The van der Waals surface area contributed by atoms with Crippen LogP contribution in [0.4, 0.5) is 16.2 Å². The van der Waals surface area contributed by atoms with Gasteiger partial charge in [-0.3, -0.25) is 9.59 Å². The first kappa shape index (κ1) is 18.7. The summed E-state index contributed by atoms with van der Waals surface area (Å²) in [6, 6.07) is 4.72. The number of benzene rings is 1. The summed E-state index contributed by atoms with van der Waals surface area (Å²) < 4.78 is 5.32. The van der Waals surface area contributed by atoms with Crippen LogP contribution in [0.25, 0.3) is 0 Å². The topological polar surface area (TPSA) is 132 Å². The van der Waals surface area contributed by atoms with Crippen LogP contribution in [0.3, 0.4) is 0 Å². The number of nitriles is 1. The van der Waals surface area contributed by atoms with Gasteiger partial charge in [-0.15, -0.1) is 0 Å². The molecule has 3 amide bonds. The van der Waals surface area contributed by atoms with Gasteiger partial charge in [0.05, 0.1) is 29.0 Å². The number of ether oxygens (including phenoxy) is 1. The molecule has 0 saturated carbocycles. The van der Waals surface area contributed by atoms with Crippen molar-refractivity contribution in [3.8, 4) is 6.07 Å². The van der Waals surface area contributed by atoms with Gasteiger partial charge in [0.2, 0.25) is 11.8 Å². The van der Waals surface area contributed by atoms with Crippen molar-refractivity contribution in [3.63, 3.8) is 0 Å². The minimum absolute atomic E-state index is 0.212. The van der Waals surface area contributed by atoms with E-state index in [2.05, 4.69) is 10.6 Å². The minimum Gasteiger partial charge on any atom is -0.465 e. The molecule has 0 unspecified atom stereocenters. The van der Waals surface area contributed by atoms with Crippen molar-refractivity contribution in [1.82, 2.24) is 5.32 Å². The summed E-state index contributed by atoms with van der Waals surface area (Å²) in [4.78, 5) is 38.5. The second-order valence-corrected chi connectivity index (χ2v) is 6.60. The number of carboxylic acid groups (broad SMARTS) is 1. The molecule has 27 heavy (non-hydrogen) atoms. The molecule has 0 aromatic heterocycles. The van der Waals surface area contributed by atoms with Crippen molar-refractivity contribution in [2.24, 2.45) is 5.92 Å². The molecular formula is C18H20N4O5. The first-order valence-corrected chi connectivity index (χ1v) is 8.67. The molecule has 1 aromatic carbocycles. The Balaban J connectivity index is 2.07. The van der Waals surface area contributed by atoms with Crippen LogP contribution in [0.5, 0.6) is 0 Å². The van der Waals surface area contributed by atoms with E-state index in [1.807, 2.05) is 6.07 Å². The van der Waals surface area contributed by atoms with Crippen LogP contribution in [0, 0.1) is 17.2 Å². The van der Waals surface area contributed by atoms with Crippen LogP contribution in [0.1, 0.15) is 25.3 Å². The van der Waals surface area contributed by atoms with Crippen LogP contribution in [0.15, 0.2) is 18.2 Å². The summed E-state index contributed by atoms with van der Waals surface area (Å²) >= 11 is 0. The van der Waals surface area contributed by atoms with Gasteiger partial charge in [0.25, 0.3) is 0 Å². The average molecular weight is 372 g/mol. The molecule has 1 saturated heterocycles. The maximum atomic E-state index is 13.3. The number of anilines is 2. The fourth-order valence-electron chi connectivity index (χ4n) is 3.48. The Morgan fingerprint density at radius 1 is 1.37 bits per heavy atom. The monoisotopic (exact) mass is 372 g/mol. The lowest BCUT2D eigenvalue weighted by Crippen LogP contribution is -2.57. The van der Waals surface area contributed by atoms with E-state index in [1.54, 1.807) is 13.0 Å². The molecule has 142 valence electrons. The largest absolute Gasteiger partial charge is 0.465 e. The molecule has 0 aliphatic carbocycles. The third-order valence-corrected chi connectivity index (χ3v) is 4.90. The van der Waals surface area contributed by atoms with Gasteiger partial charge in [-0.2, -0.15) is 5.26 Å². The van der Waals surface area contributed by atoms with E-state index >= 15 is 0 Å². The van der Waals surface area contributed by atoms with E-state index in [0.717, 1.165) is 0 Å². The van der Waals surface area contributed by atoms with Gasteiger partial charge in [0.1, 0.15) is 6.04 Å². The van der Waals surface area contributed by atoms with E-state index < -0.39 is 24.1 Å². The molecule has 0 bridgehead atoms. The van der Waals surface area contributed by atoms with Crippen molar-refractivity contribution < 1.29 is 24.2 Å². The first-order valence-electron chi connectivity index (χ1n) is 8.67. The highest BCUT2D eigenvalue weighted by atomic mass is 16.5. The van der Waals surface area contributed by atoms with Gasteiger partial charge in [-0.05, 0) is 38.0 Å². The van der Waals surface area contributed by atoms with E-state index in [-0.39, 0.29) is 11.8 Å². The highest BCUT2D eigenvalue weighted by Crippen LogP contribution is 2.35. The molecule has 1 fully saturated rings. The molecule has 3 rings (SSSR count). The number of amides is 3. The normalized spacial score (nSPS) is 22.8. The van der Waals surface area contributed by atoms with Crippen molar-refractivity contribution in [3.05, 3.63) is 23.8 Å². The Morgan fingerprint density at radius 3 is 2.70 bits per heavy atom. The summed E-state index contributed by atoms with van der Waals surface area (Å²) in [5.41, 5.74) is 1.09. The zero-order valence-corrected chi connectivity index (χ0v) is 14.8. The van der Waals surface area contributed by atoms with Gasteiger partial charge in [0, 0.05) is 19.1 Å². The van der Waals surface area contributed by atoms with Crippen LogP contribution in [0.2, 0.25) is 0 Å². The summed E-state index contributed by atoms with van der Waals surface area (Å²) in [6.07, 6.45) is -0.259.